The lowest BCUT2D eigenvalue weighted by atomic mass is 9.68. The van der Waals surface area contributed by atoms with Gasteiger partial charge in [0.25, 0.3) is 0 Å². The molecule has 4 rings (SSSR count). The van der Waals surface area contributed by atoms with Crippen LogP contribution in [0.3, 0.4) is 0 Å². The van der Waals surface area contributed by atoms with E-state index in [4.69, 9.17) is 0 Å². The second-order valence-corrected chi connectivity index (χ2v) is 12.0. The number of benzene rings is 1. The van der Waals surface area contributed by atoms with Crippen molar-refractivity contribution >= 4 is 5.97 Å². The Morgan fingerprint density at radius 1 is 0.895 bits per heavy atom. The molecule has 1 N–H and O–H groups in total. The van der Waals surface area contributed by atoms with Gasteiger partial charge in [0.2, 0.25) is 0 Å². The van der Waals surface area contributed by atoms with Crippen LogP contribution in [-0.4, -0.2) is 35.1 Å². The number of halogens is 3. The minimum absolute atomic E-state index is 0.0170. The number of carboxylic acids is 1. The Kier molecular flexibility index (Phi) is 10.2. The normalized spacial score (nSPS) is 25.9. The summed E-state index contributed by atoms with van der Waals surface area (Å²) in [5.74, 6) is -0.0819. The zero-order valence-electron chi connectivity index (χ0n) is 22.4. The number of nitroso groups, excluding NO2 is 1. The van der Waals surface area contributed by atoms with Gasteiger partial charge in [-0.1, -0.05) is 56.2 Å². The number of hydrogen-bond acceptors (Lipinski definition) is 4. The quantitative estimate of drug-likeness (QED) is 0.306. The first-order valence-electron chi connectivity index (χ1n) is 14.7. The summed E-state index contributed by atoms with van der Waals surface area (Å²) in [7, 11) is 0. The molecule has 1 aromatic carbocycles. The van der Waals surface area contributed by atoms with Crippen LogP contribution in [0.4, 0.5) is 13.2 Å². The maximum Gasteiger partial charge on any atom is 0.416 e. The molecule has 38 heavy (non-hydrogen) atoms. The molecule has 0 bridgehead atoms. The molecular weight excluding hydrogens is 493 g/mol. The van der Waals surface area contributed by atoms with Crippen LogP contribution in [0, 0.1) is 22.7 Å². The first kappa shape index (κ1) is 29.0. The largest absolute Gasteiger partial charge is 0.481 e. The van der Waals surface area contributed by atoms with Crippen molar-refractivity contribution in [2.75, 3.05) is 13.1 Å². The summed E-state index contributed by atoms with van der Waals surface area (Å²) >= 11 is 0. The number of carbonyl (C=O) groups is 1. The third-order valence-corrected chi connectivity index (χ3v) is 9.40. The monoisotopic (exact) mass is 536 g/mol. The highest BCUT2D eigenvalue weighted by molar-refractivity contribution is 5.67. The fraction of sp³-hybridized carbons (Fsp3) is 0.767. The molecule has 3 aliphatic carbocycles. The molecule has 3 atom stereocenters. The summed E-state index contributed by atoms with van der Waals surface area (Å²) in [6.07, 6.45) is 10.3. The fourth-order valence-electron chi connectivity index (χ4n) is 7.65. The van der Waals surface area contributed by atoms with Crippen molar-refractivity contribution in [2.24, 2.45) is 22.9 Å². The van der Waals surface area contributed by atoms with Crippen LogP contribution >= 0.6 is 0 Å². The number of rotatable bonds is 10. The first-order chi connectivity index (χ1) is 18.3. The van der Waals surface area contributed by atoms with Crippen molar-refractivity contribution in [3.05, 3.63) is 39.8 Å². The second kappa shape index (κ2) is 13.4. The van der Waals surface area contributed by atoms with Crippen LogP contribution in [0.25, 0.3) is 0 Å². The van der Waals surface area contributed by atoms with Gasteiger partial charge in [-0.15, -0.1) is 0 Å². The lowest BCUT2D eigenvalue weighted by Gasteiger charge is -2.47. The highest BCUT2D eigenvalue weighted by Crippen LogP contribution is 2.46. The van der Waals surface area contributed by atoms with Gasteiger partial charge < -0.3 is 5.11 Å². The van der Waals surface area contributed by atoms with E-state index in [1.807, 2.05) is 0 Å². The van der Waals surface area contributed by atoms with Gasteiger partial charge in [0.15, 0.2) is 0 Å². The third kappa shape index (κ3) is 7.57. The van der Waals surface area contributed by atoms with E-state index in [1.54, 1.807) is 0 Å². The summed E-state index contributed by atoms with van der Waals surface area (Å²) in [5.41, 5.74) is 0.187. The maximum absolute atomic E-state index is 13.6. The van der Waals surface area contributed by atoms with Crippen molar-refractivity contribution in [1.29, 1.82) is 0 Å². The molecule has 0 spiro atoms. The molecule has 212 valence electrons. The summed E-state index contributed by atoms with van der Waals surface area (Å²) < 4.78 is 40.7. The van der Waals surface area contributed by atoms with E-state index < -0.39 is 17.7 Å². The summed E-state index contributed by atoms with van der Waals surface area (Å²) in [6, 6.07) is 3.73. The highest BCUT2D eigenvalue weighted by Gasteiger charge is 2.41. The van der Waals surface area contributed by atoms with Crippen molar-refractivity contribution in [2.45, 2.75) is 115 Å². The molecule has 5 nitrogen and oxygen atoms in total. The fourth-order valence-corrected chi connectivity index (χ4v) is 7.65. The third-order valence-electron chi connectivity index (χ3n) is 9.40. The molecule has 0 amide bonds. The average Bonchev–Trinajstić information content (AvgIpc) is 2.89. The Labute approximate surface area is 224 Å². The van der Waals surface area contributed by atoms with Gasteiger partial charge in [0, 0.05) is 31.5 Å². The molecule has 0 aromatic heterocycles. The van der Waals surface area contributed by atoms with Gasteiger partial charge in [-0.2, -0.15) is 18.1 Å². The van der Waals surface area contributed by atoms with Gasteiger partial charge in [0.05, 0.1) is 5.56 Å². The van der Waals surface area contributed by atoms with Crippen molar-refractivity contribution in [3.8, 4) is 0 Å². The van der Waals surface area contributed by atoms with Crippen molar-refractivity contribution in [1.82, 2.24) is 4.90 Å². The summed E-state index contributed by atoms with van der Waals surface area (Å²) in [5, 5.41) is 12.8. The van der Waals surface area contributed by atoms with Crippen molar-refractivity contribution < 1.29 is 23.1 Å². The molecule has 3 aliphatic rings. The van der Waals surface area contributed by atoms with E-state index in [1.165, 1.54) is 70.3 Å². The second-order valence-electron chi connectivity index (χ2n) is 12.0. The molecular formula is C30H43F3N2O3. The molecule has 0 aliphatic heterocycles. The average molecular weight is 537 g/mol. The Morgan fingerprint density at radius 2 is 1.50 bits per heavy atom. The van der Waals surface area contributed by atoms with E-state index >= 15 is 0 Å². The topological polar surface area (TPSA) is 70.0 Å². The lowest BCUT2D eigenvalue weighted by molar-refractivity contribution is -0.139. The Bertz CT molecular complexity index is 906. The van der Waals surface area contributed by atoms with Gasteiger partial charge in [-0.05, 0) is 79.5 Å². The van der Waals surface area contributed by atoms with Crippen LogP contribution in [0.1, 0.15) is 112 Å². The zero-order valence-corrected chi connectivity index (χ0v) is 22.4. The predicted molar refractivity (Wildman–Crippen MR) is 142 cm³/mol. The standard InChI is InChI=1S/C30H43F3N2O3/c31-30(32,33)25-14-15-26(24(16-25)18-34-38)29-23(17-28(36)37)12-7-13-27(29)35(19-21-8-3-1-4-9-21)20-22-10-5-2-6-11-22/h14-16,21-23,27,29H,1-13,17-20H2,(H,36,37)/t23-,27-,29+/m1/s1. The number of aliphatic carboxylic acids is 1. The van der Waals surface area contributed by atoms with Crippen LogP contribution in [0.2, 0.25) is 0 Å². The maximum atomic E-state index is 13.6. The number of carboxylic acid groups (broad SMARTS) is 1. The number of nitrogens with zero attached hydrogens (tertiary/aromatic N) is 2. The van der Waals surface area contributed by atoms with Crippen LogP contribution in [0.15, 0.2) is 23.4 Å². The van der Waals surface area contributed by atoms with Gasteiger partial charge in [-0.25, -0.2) is 0 Å². The summed E-state index contributed by atoms with van der Waals surface area (Å²) in [4.78, 5) is 25.9. The van der Waals surface area contributed by atoms with Crippen LogP contribution in [0.5, 0.6) is 0 Å². The van der Waals surface area contributed by atoms with Gasteiger partial charge in [-0.3, -0.25) is 9.69 Å². The SMILES string of the molecule is O=NCc1cc(C(F)(F)F)ccc1[C@@H]1[C@@H](CC(=O)O)CCC[C@H]1N(CC1CCCCC1)CC1CCCCC1. The lowest BCUT2D eigenvalue weighted by Crippen LogP contribution is -2.49. The summed E-state index contributed by atoms with van der Waals surface area (Å²) in [6.45, 7) is 1.60. The van der Waals surface area contributed by atoms with Crippen LogP contribution < -0.4 is 0 Å². The Morgan fingerprint density at radius 3 is 2.03 bits per heavy atom. The molecule has 0 saturated heterocycles. The first-order valence-corrected chi connectivity index (χ1v) is 14.7. The minimum atomic E-state index is -4.52. The highest BCUT2D eigenvalue weighted by atomic mass is 19.4. The molecule has 3 saturated carbocycles. The van der Waals surface area contributed by atoms with Crippen LogP contribution in [-0.2, 0) is 17.5 Å². The van der Waals surface area contributed by atoms with E-state index in [0.717, 1.165) is 44.5 Å². The Balaban J connectivity index is 1.72. The number of hydrogen-bond donors (Lipinski definition) is 1. The van der Waals surface area contributed by atoms with Gasteiger partial charge >= 0.3 is 12.1 Å². The zero-order chi connectivity index (χ0) is 27.1. The van der Waals surface area contributed by atoms with Gasteiger partial charge in [0.1, 0.15) is 6.54 Å². The minimum Gasteiger partial charge on any atom is -0.481 e. The van der Waals surface area contributed by atoms with Crippen molar-refractivity contribution in [3.63, 3.8) is 0 Å². The van der Waals surface area contributed by atoms with E-state index in [0.29, 0.717) is 17.4 Å². The predicted octanol–water partition coefficient (Wildman–Crippen LogP) is 8.16. The van der Waals surface area contributed by atoms with E-state index in [-0.39, 0.29) is 36.4 Å². The van der Waals surface area contributed by atoms with E-state index in [9.17, 15) is 28.0 Å². The van der Waals surface area contributed by atoms with E-state index in [2.05, 4.69) is 10.1 Å². The molecule has 8 heteroatoms. The number of alkyl halides is 3. The smallest absolute Gasteiger partial charge is 0.416 e. The Hall–Kier alpha value is -1.96. The molecule has 0 heterocycles. The molecule has 0 unspecified atom stereocenters. The molecule has 0 radical (unpaired) electrons. The molecule has 1 aromatic rings. The molecule has 3 fully saturated rings.